The van der Waals surface area contributed by atoms with Gasteiger partial charge >= 0.3 is 5.97 Å². The van der Waals surface area contributed by atoms with E-state index in [2.05, 4.69) is 17.2 Å². The first-order chi connectivity index (χ1) is 14.0. The average Bonchev–Trinajstić information content (AvgIpc) is 2.74. The number of esters is 1. The van der Waals surface area contributed by atoms with Crippen molar-refractivity contribution in [3.05, 3.63) is 59.4 Å². The fourth-order valence-electron chi connectivity index (χ4n) is 3.18. The van der Waals surface area contributed by atoms with Gasteiger partial charge in [-0.05, 0) is 56.0 Å². The molecule has 7 heteroatoms. The lowest BCUT2D eigenvalue weighted by Crippen LogP contribution is -2.38. The van der Waals surface area contributed by atoms with Crippen molar-refractivity contribution in [2.45, 2.75) is 26.7 Å². The van der Waals surface area contributed by atoms with Crippen molar-refractivity contribution < 1.29 is 19.1 Å². The Morgan fingerprint density at radius 1 is 1.07 bits per heavy atom. The molecule has 2 amide bonds. The standard InChI is InChI=1S/C22H25N3O4/c1-3-29-22(28)16-4-6-19(7-5-16)24-20(26)17-12-18(14-23-13-17)21(27)25-10-8-15(2)9-11-25/h4-7,12-15H,3,8-11H2,1-2H3,(H,24,26). The van der Waals surface area contributed by atoms with Crippen LogP contribution in [-0.2, 0) is 4.74 Å². The van der Waals surface area contributed by atoms with Crippen LogP contribution in [0.1, 0.15) is 57.8 Å². The maximum Gasteiger partial charge on any atom is 0.338 e. The van der Waals surface area contributed by atoms with Crippen LogP contribution in [0.3, 0.4) is 0 Å². The molecule has 0 aliphatic carbocycles. The molecule has 1 aromatic heterocycles. The molecule has 0 atom stereocenters. The molecule has 0 bridgehead atoms. The number of pyridine rings is 1. The van der Waals surface area contributed by atoms with Crippen molar-refractivity contribution >= 4 is 23.5 Å². The number of carbonyl (C=O) groups is 3. The lowest BCUT2D eigenvalue weighted by molar-refractivity contribution is 0.0526. The molecule has 7 nitrogen and oxygen atoms in total. The van der Waals surface area contributed by atoms with E-state index in [1.165, 1.54) is 12.4 Å². The molecule has 3 rings (SSSR count). The summed E-state index contributed by atoms with van der Waals surface area (Å²) >= 11 is 0. The number of hydrogen-bond donors (Lipinski definition) is 1. The number of anilines is 1. The number of ether oxygens (including phenoxy) is 1. The monoisotopic (exact) mass is 395 g/mol. The Bertz CT molecular complexity index is 887. The van der Waals surface area contributed by atoms with Crippen molar-refractivity contribution in [3.8, 4) is 0 Å². The van der Waals surface area contributed by atoms with E-state index in [1.807, 2.05) is 4.90 Å². The van der Waals surface area contributed by atoms with Gasteiger partial charge in [-0.2, -0.15) is 0 Å². The van der Waals surface area contributed by atoms with E-state index in [1.54, 1.807) is 37.3 Å². The zero-order valence-electron chi connectivity index (χ0n) is 16.7. The predicted octanol–water partition coefficient (Wildman–Crippen LogP) is 3.38. The van der Waals surface area contributed by atoms with Crippen LogP contribution in [0.4, 0.5) is 5.69 Å². The van der Waals surface area contributed by atoms with E-state index >= 15 is 0 Å². The van der Waals surface area contributed by atoms with E-state index in [9.17, 15) is 14.4 Å². The highest BCUT2D eigenvalue weighted by Crippen LogP contribution is 2.19. The summed E-state index contributed by atoms with van der Waals surface area (Å²) in [6.45, 7) is 5.68. The summed E-state index contributed by atoms with van der Waals surface area (Å²) in [5.74, 6) is -0.251. The Morgan fingerprint density at radius 3 is 2.38 bits per heavy atom. The Morgan fingerprint density at radius 2 is 1.72 bits per heavy atom. The van der Waals surface area contributed by atoms with Crippen molar-refractivity contribution in [3.63, 3.8) is 0 Å². The van der Waals surface area contributed by atoms with Crippen molar-refractivity contribution in [2.24, 2.45) is 5.92 Å². The molecule has 152 valence electrons. The van der Waals surface area contributed by atoms with Crippen molar-refractivity contribution in [2.75, 3.05) is 25.0 Å². The van der Waals surface area contributed by atoms with Crippen LogP contribution in [0.15, 0.2) is 42.7 Å². The van der Waals surface area contributed by atoms with Crippen LogP contribution in [0.25, 0.3) is 0 Å². The number of piperidine rings is 1. The van der Waals surface area contributed by atoms with Crippen molar-refractivity contribution in [1.82, 2.24) is 9.88 Å². The maximum atomic E-state index is 12.7. The number of likely N-dealkylation sites (tertiary alicyclic amines) is 1. The Labute approximate surface area is 170 Å². The van der Waals surface area contributed by atoms with Gasteiger partial charge in [-0.1, -0.05) is 6.92 Å². The highest BCUT2D eigenvalue weighted by atomic mass is 16.5. The summed E-state index contributed by atoms with van der Waals surface area (Å²) in [5, 5.41) is 2.75. The number of aromatic nitrogens is 1. The molecule has 1 aliphatic heterocycles. The van der Waals surface area contributed by atoms with Gasteiger partial charge in [-0.15, -0.1) is 0 Å². The van der Waals surface area contributed by atoms with Gasteiger partial charge in [0.2, 0.25) is 0 Å². The lowest BCUT2D eigenvalue weighted by Gasteiger charge is -2.30. The number of rotatable bonds is 5. The molecule has 2 heterocycles. The molecule has 1 N–H and O–H groups in total. The molecule has 29 heavy (non-hydrogen) atoms. The zero-order chi connectivity index (χ0) is 20.8. The third kappa shape index (κ3) is 5.19. The van der Waals surface area contributed by atoms with Gasteiger partial charge < -0.3 is 15.0 Å². The Kier molecular flexibility index (Phi) is 6.59. The largest absolute Gasteiger partial charge is 0.462 e. The molecule has 1 aliphatic rings. The summed E-state index contributed by atoms with van der Waals surface area (Å²) in [5.41, 5.74) is 1.65. The van der Waals surface area contributed by atoms with Crippen LogP contribution in [-0.4, -0.2) is 47.4 Å². The second-order valence-electron chi connectivity index (χ2n) is 7.19. The molecular weight excluding hydrogens is 370 g/mol. The maximum absolute atomic E-state index is 12.7. The molecule has 0 spiro atoms. The predicted molar refractivity (Wildman–Crippen MR) is 109 cm³/mol. The van der Waals surface area contributed by atoms with E-state index in [0.717, 1.165) is 25.9 Å². The van der Waals surface area contributed by atoms with E-state index < -0.39 is 5.97 Å². The van der Waals surface area contributed by atoms with Gasteiger partial charge in [-0.25, -0.2) is 4.79 Å². The molecule has 1 saturated heterocycles. The fourth-order valence-corrected chi connectivity index (χ4v) is 3.18. The average molecular weight is 395 g/mol. The van der Waals surface area contributed by atoms with Gasteiger partial charge in [0, 0.05) is 31.2 Å². The summed E-state index contributed by atoms with van der Waals surface area (Å²) in [7, 11) is 0. The minimum absolute atomic E-state index is 0.0992. The summed E-state index contributed by atoms with van der Waals surface area (Å²) < 4.78 is 4.94. The van der Waals surface area contributed by atoms with Crippen LogP contribution < -0.4 is 5.32 Å². The second kappa shape index (κ2) is 9.32. The minimum Gasteiger partial charge on any atom is -0.462 e. The fraction of sp³-hybridized carbons (Fsp3) is 0.364. The molecule has 0 radical (unpaired) electrons. The first-order valence-corrected chi connectivity index (χ1v) is 9.80. The van der Waals surface area contributed by atoms with Crippen LogP contribution >= 0.6 is 0 Å². The number of amides is 2. The summed E-state index contributed by atoms with van der Waals surface area (Å²) in [6.07, 6.45) is 4.89. The smallest absolute Gasteiger partial charge is 0.338 e. The molecule has 1 fully saturated rings. The molecular formula is C22H25N3O4. The summed E-state index contributed by atoms with van der Waals surface area (Å²) in [6, 6.07) is 7.99. The number of nitrogens with zero attached hydrogens (tertiary/aromatic N) is 2. The third-order valence-electron chi connectivity index (χ3n) is 4.97. The molecule has 1 aromatic carbocycles. The van der Waals surface area contributed by atoms with Crippen LogP contribution in [0, 0.1) is 5.92 Å². The van der Waals surface area contributed by atoms with Gasteiger partial charge in [0.1, 0.15) is 0 Å². The topological polar surface area (TPSA) is 88.6 Å². The summed E-state index contributed by atoms with van der Waals surface area (Å²) in [4.78, 5) is 42.8. The molecule has 0 saturated carbocycles. The van der Waals surface area contributed by atoms with Crippen LogP contribution in [0.5, 0.6) is 0 Å². The number of hydrogen-bond acceptors (Lipinski definition) is 5. The van der Waals surface area contributed by atoms with Crippen molar-refractivity contribution in [1.29, 1.82) is 0 Å². The first-order valence-electron chi connectivity index (χ1n) is 9.80. The number of benzene rings is 1. The second-order valence-corrected chi connectivity index (χ2v) is 7.19. The Hall–Kier alpha value is -3.22. The molecule has 0 unspecified atom stereocenters. The van der Waals surface area contributed by atoms with E-state index in [-0.39, 0.29) is 11.8 Å². The zero-order valence-corrected chi connectivity index (χ0v) is 16.7. The van der Waals surface area contributed by atoms with E-state index in [0.29, 0.717) is 34.9 Å². The highest BCUT2D eigenvalue weighted by Gasteiger charge is 2.22. The van der Waals surface area contributed by atoms with Gasteiger partial charge in [0.15, 0.2) is 0 Å². The third-order valence-corrected chi connectivity index (χ3v) is 4.97. The van der Waals surface area contributed by atoms with Gasteiger partial charge in [0.25, 0.3) is 11.8 Å². The number of carbonyl (C=O) groups excluding carboxylic acids is 3. The van der Waals surface area contributed by atoms with E-state index in [4.69, 9.17) is 4.74 Å². The van der Waals surface area contributed by atoms with Crippen LogP contribution in [0.2, 0.25) is 0 Å². The SMILES string of the molecule is CCOC(=O)c1ccc(NC(=O)c2cncc(C(=O)N3CCC(C)CC3)c2)cc1. The quantitative estimate of drug-likeness (QED) is 0.784. The number of nitrogens with one attached hydrogen (secondary N) is 1. The van der Waals surface area contributed by atoms with Gasteiger partial charge in [-0.3, -0.25) is 14.6 Å². The Balaban J connectivity index is 1.66. The van der Waals surface area contributed by atoms with Gasteiger partial charge in [0.05, 0.1) is 23.3 Å². The highest BCUT2D eigenvalue weighted by molar-refractivity contribution is 6.06. The molecule has 2 aromatic rings. The minimum atomic E-state index is -0.409. The first kappa shape index (κ1) is 20.5. The normalized spacial score (nSPS) is 14.3. The lowest BCUT2D eigenvalue weighted by atomic mass is 9.98.